The minimum atomic E-state index is 1.13. The van der Waals surface area contributed by atoms with Crippen LogP contribution in [0.25, 0.3) is 90.8 Å². The zero-order valence-corrected chi connectivity index (χ0v) is 32.7. The molecule has 0 radical (unpaired) electrons. The van der Waals surface area contributed by atoms with E-state index >= 15 is 0 Å². The Balaban J connectivity index is 1.17. The van der Waals surface area contributed by atoms with Crippen LogP contribution < -0.4 is 0 Å². The maximum atomic E-state index is 2.50. The van der Waals surface area contributed by atoms with Gasteiger partial charge in [0.25, 0.3) is 0 Å². The second kappa shape index (κ2) is 14.9. The monoisotopic (exact) mass is 742 g/mol. The van der Waals surface area contributed by atoms with Crippen LogP contribution in [0.5, 0.6) is 0 Å². The molecule has 0 N–H and O–H groups in total. The molecule has 276 valence electrons. The summed E-state index contributed by atoms with van der Waals surface area (Å²) in [6.45, 7) is 4.24. The topological polar surface area (TPSA) is 9.86 Å². The number of rotatable bonds is 8. The summed E-state index contributed by atoms with van der Waals surface area (Å²) >= 11 is 0. The van der Waals surface area contributed by atoms with Gasteiger partial charge in [-0.15, -0.1) is 0 Å². The third-order valence-corrected chi connectivity index (χ3v) is 11.3. The van der Waals surface area contributed by atoms with Crippen molar-refractivity contribution in [3.63, 3.8) is 0 Å². The molecule has 0 aliphatic rings. The Hall–Kier alpha value is -7.42. The second-order valence-corrected chi connectivity index (χ2v) is 15.2. The molecule has 2 nitrogen and oxygen atoms in total. The fourth-order valence-electron chi connectivity index (χ4n) is 8.31. The molecule has 0 saturated heterocycles. The number of hydrogen-bond acceptors (Lipinski definition) is 0. The van der Waals surface area contributed by atoms with Crippen molar-refractivity contribution < 1.29 is 0 Å². The molecule has 2 aromatic heterocycles. The van der Waals surface area contributed by atoms with E-state index in [1.165, 1.54) is 88.5 Å². The van der Waals surface area contributed by atoms with Gasteiger partial charge in [0.15, 0.2) is 0 Å². The second-order valence-electron chi connectivity index (χ2n) is 15.2. The lowest BCUT2D eigenvalue weighted by atomic mass is 10.0. The molecule has 0 atom stereocenters. The first-order chi connectivity index (χ1) is 28.6. The van der Waals surface area contributed by atoms with Gasteiger partial charge in [-0.05, 0) is 71.5 Å². The molecule has 2 heteroatoms. The maximum Gasteiger partial charge on any atom is 0.0804 e. The van der Waals surface area contributed by atoms with Crippen LogP contribution in [0.4, 0.5) is 0 Å². The number of aryl methyl sites for hydroxylation is 2. The number of para-hydroxylation sites is 4. The van der Waals surface area contributed by atoms with Gasteiger partial charge in [0.05, 0.1) is 22.1 Å². The first-order valence-electron chi connectivity index (χ1n) is 20.0. The lowest BCUT2D eigenvalue weighted by Gasteiger charge is -2.14. The molecule has 0 aliphatic carbocycles. The highest BCUT2D eigenvalue weighted by molar-refractivity contribution is 6.24. The summed E-state index contributed by atoms with van der Waals surface area (Å²) in [5.41, 5.74) is 19.1. The fraction of sp³-hybridized carbons (Fsp3) is 0.0357. The van der Waals surface area contributed by atoms with Crippen molar-refractivity contribution in [1.82, 2.24) is 9.13 Å². The van der Waals surface area contributed by atoms with Crippen LogP contribution in [-0.4, -0.2) is 9.13 Å². The van der Waals surface area contributed by atoms with Crippen molar-refractivity contribution >= 4 is 57.1 Å². The predicted octanol–water partition coefficient (Wildman–Crippen LogP) is 15.0. The molecule has 0 aliphatic heterocycles. The first kappa shape index (κ1) is 35.0. The van der Waals surface area contributed by atoms with Gasteiger partial charge in [-0.2, -0.15) is 0 Å². The molecule has 10 rings (SSSR count). The third-order valence-electron chi connectivity index (χ3n) is 11.3. The fourth-order valence-corrected chi connectivity index (χ4v) is 8.31. The molecule has 0 amide bonds. The Morgan fingerprint density at radius 1 is 0.293 bits per heavy atom. The Morgan fingerprint density at radius 3 is 0.966 bits per heavy atom. The van der Waals surface area contributed by atoms with E-state index in [0.717, 1.165) is 11.4 Å². The van der Waals surface area contributed by atoms with Gasteiger partial charge in [-0.3, -0.25) is 0 Å². The van der Waals surface area contributed by atoms with Gasteiger partial charge in [-0.1, -0.05) is 205 Å². The number of nitrogens with zero attached hydrogens (tertiary/aromatic N) is 2. The quantitative estimate of drug-likeness (QED) is 0.137. The van der Waals surface area contributed by atoms with Gasteiger partial charge in [-0.25, -0.2) is 0 Å². The number of benzene rings is 8. The van der Waals surface area contributed by atoms with Crippen molar-refractivity contribution in [1.29, 1.82) is 0 Å². The lowest BCUT2D eigenvalue weighted by Crippen LogP contribution is -1.96. The molecule has 2 heterocycles. The van der Waals surface area contributed by atoms with Crippen LogP contribution in [0.3, 0.4) is 0 Å². The van der Waals surface area contributed by atoms with Crippen LogP contribution in [0.15, 0.2) is 194 Å². The molecule has 0 bridgehead atoms. The Kier molecular flexibility index (Phi) is 9.01. The molecule has 8 aromatic carbocycles. The minimum Gasteiger partial charge on any atom is -0.306 e. The lowest BCUT2D eigenvalue weighted by molar-refractivity contribution is 1.17. The molecule has 0 unspecified atom stereocenters. The smallest absolute Gasteiger partial charge is 0.0804 e. The van der Waals surface area contributed by atoms with E-state index in [1.54, 1.807) is 0 Å². The van der Waals surface area contributed by atoms with E-state index in [9.17, 15) is 0 Å². The highest BCUT2D eigenvalue weighted by Crippen LogP contribution is 2.46. The van der Waals surface area contributed by atoms with Crippen LogP contribution in [0.2, 0.25) is 0 Å². The van der Waals surface area contributed by atoms with E-state index in [1.807, 2.05) is 0 Å². The summed E-state index contributed by atoms with van der Waals surface area (Å²) in [6.07, 6.45) is 8.75. The van der Waals surface area contributed by atoms with Crippen LogP contribution in [0, 0.1) is 13.8 Å². The zero-order chi connectivity index (χ0) is 39.0. The predicted molar refractivity (Wildman–Crippen MR) is 249 cm³/mol. The summed E-state index contributed by atoms with van der Waals surface area (Å²) in [7, 11) is 0. The summed E-state index contributed by atoms with van der Waals surface area (Å²) in [5.74, 6) is 0. The van der Waals surface area contributed by atoms with Crippen molar-refractivity contribution in [3.8, 4) is 33.6 Å². The molecule has 0 fully saturated rings. The van der Waals surface area contributed by atoms with Crippen LogP contribution in [0.1, 0.15) is 33.4 Å². The van der Waals surface area contributed by atoms with Gasteiger partial charge < -0.3 is 9.13 Å². The van der Waals surface area contributed by atoms with Gasteiger partial charge >= 0.3 is 0 Å². The van der Waals surface area contributed by atoms with Crippen molar-refractivity contribution in [2.24, 2.45) is 0 Å². The summed E-state index contributed by atoms with van der Waals surface area (Å²) in [6, 6.07) is 70.5. The van der Waals surface area contributed by atoms with E-state index in [0.29, 0.717) is 0 Å². The highest BCUT2D eigenvalue weighted by Gasteiger charge is 2.25. The highest BCUT2D eigenvalue weighted by atomic mass is 15.1. The number of hydrogen-bond donors (Lipinski definition) is 0. The molecule has 10 aromatic rings. The summed E-state index contributed by atoms with van der Waals surface area (Å²) < 4.78 is 4.99. The SMILES string of the molecule is Cc1ccc(/C=C/c2ccc(-c3cccc4c3n(-c3ccccc3)c3c5cccc(-c6ccc(/C=C/c7ccc(C)cc7)cc6)c5n(-c5ccccc5)c43)cc2)cc1. The van der Waals surface area contributed by atoms with E-state index < -0.39 is 0 Å². The van der Waals surface area contributed by atoms with Gasteiger partial charge in [0, 0.05) is 33.3 Å². The van der Waals surface area contributed by atoms with Gasteiger partial charge in [0.2, 0.25) is 0 Å². The molecular weight excluding hydrogens is 701 g/mol. The van der Waals surface area contributed by atoms with Crippen LogP contribution in [-0.2, 0) is 0 Å². The van der Waals surface area contributed by atoms with Crippen LogP contribution >= 0.6 is 0 Å². The minimum absolute atomic E-state index is 1.13. The van der Waals surface area contributed by atoms with E-state index in [2.05, 4.69) is 241 Å². The standard InChI is InChI=1S/C56H42N2/c1-39-19-23-41(24-20-39)27-29-43-31-35-45(36-32-43)49-15-9-17-51-53(49)57(47-11-5-3-6-12-47)56-52-18-10-16-50(54(52)58(55(51)56)48-13-7-4-8-14-48)46-37-33-44(34-38-46)30-28-42-25-21-40(2)22-26-42/h3-38H,1-2H3/b29-27+,30-28+. The van der Waals surface area contributed by atoms with E-state index in [-0.39, 0.29) is 0 Å². The molecule has 58 heavy (non-hydrogen) atoms. The van der Waals surface area contributed by atoms with Crippen molar-refractivity contribution in [2.75, 3.05) is 0 Å². The zero-order valence-electron chi connectivity index (χ0n) is 32.7. The maximum absolute atomic E-state index is 2.50. The van der Waals surface area contributed by atoms with Crippen molar-refractivity contribution in [3.05, 3.63) is 228 Å². The number of aromatic nitrogens is 2. The molecule has 0 saturated carbocycles. The Labute approximate surface area is 339 Å². The Morgan fingerprint density at radius 2 is 0.621 bits per heavy atom. The first-order valence-corrected chi connectivity index (χ1v) is 20.0. The molecule has 0 spiro atoms. The normalized spacial score (nSPS) is 11.8. The summed E-state index contributed by atoms with van der Waals surface area (Å²) in [4.78, 5) is 0. The van der Waals surface area contributed by atoms with E-state index in [4.69, 9.17) is 0 Å². The van der Waals surface area contributed by atoms with Crippen molar-refractivity contribution in [2.45, 2.75) is 13.8 Å². The largest absolute Gasteiger partial charge is 0.306 e. The Bertz CT molecular complexity index is 2890. The third kappa shape index (κ3) is 6.45. The summed E-state index contributed by atoms with van der Waals surface area (Å²) in [5, 5.41) is 2.42. The van der Waals surface area contributed by atoms with Gasteiger partial charge in [0.1, 0.15) is 0 Å². The average molecular weight is 743 g/mol. The number of fused-ring (bicyclic) bond motifs is 5. The average Bonchev–Trinajstić information content (AvgIpc) is 3.80. The molecular formula is C56H42N2.